The predicted octanol–water partition coefficient (Wildman–Crippen LogP) is 1.83. The third-order valence-electron chi connectivity index (χ3n) is 4.68. The standard InChI is InChI=1S/C18H21N5O5S/c1-23-15(11-27-16-7-2-3-8-26-16)14(10-20-23)18-21-17(22-28-18)12-5-4-6-13(9-12)29(19,24)25/h4-6,9-10,16H,2-3,7-8,11H2,1H3,(H2,19,24,25). The number of hydrogen-bond acceptors (Lipinski definition) is 8. The molecule has 0 radical (unpaired) electrons. The van der Waals surface area contributed by atoms with Gasteiger partial charge < -0.3 is 14.0 Å². The summed E-state index contributed by atoms with van der Waals surface area (Å²) in [6.45, 7) is 0.989. The van der Waals surface area contributed by atoms with Gasteiger partial charge in [-0.05, 0) is 31.4 Å². The fraction of sp³-hybridized carbons (Fsp3) is 0.389. The Morgan fingerprint density at radius 3 is 2.97 bits per heavy atom. The van der Waals surface area contributed by atoms with Gasteiger partial charge in [-0.2, -0.15) is 10.1 Å². The minimum absolute atomic E-state index is 0.0238. The molecule has 1 saturated heterocycles. The van der Waals surface area contributed by atoms with Crippen LogP contribution in [0.3, 0.4) is 0 Å². The van der Waals surface area contributed by atoms with Crippen LogP contribution in [-0.4, -0.2) is 41.2 Å². The van der Waals surface area contributed by atoms with Crippen molar-refractivity contribution in [1.29, 1.82) is 0 Å². The number of nitrogens with zero attached hydrogens (tertiary/aromatic N) is 4. The van der Waals surface area contributed by atoms with E-state index in [0.717, 1.165) is 25.0 Å². The normalized spacial score (nSPS) is 17.5. The van der Waals surface area contributed by atoms with Crippen molar-refractivity contribution in [2.75, 3.05) is 6.61 Å². The molecule has 1 aromatic carbocycles. The van der Waals surface area contributed by atoms with Crippen molar-refractivity contribution in [2.24, 2.45) is 12.2 Å². The fourth-order valence-electron chi connectivity index (χ4n) is 3.09. The Labute approximate surface area is 167 Å². The first-order chi connectivity index (χ1) is 13.9. The quantitative estimate of drug-likeness (QED) is 0.639. The first kappa shape index (κ1) is 19.7. The summed E-state index contributed by atoms with van der Waals surface area (Å²) in [5, 5.41) is 13.4. The molecule has 0 aliphatic carbocycles. The van der Waals surface area contributed by atoms with Crippen LogP contribution in [0, 0.1) is 0 Å². The Bertz CT molecular complexity index is 1100. The van der Waals surface area contributed by atoms with Gasteiger partial charge in [0, 0.05) is 19.2 Å². The number of primary sulfonamides is 1. The molecule has 1 unspecified atom stereocenters. The van der Waals surface area contributed by atoms with E-state index >= 15 is 0 Å². The van der Waals surface area contributed by atoms with Crippen LogP contribution in [0.15, 0.2) is 39.9 Å². The summed E-state index contributed by atoms with van der Waals surface area (Å²) in [5.41, 5.74) is 1.89. The zero-order valence-electron chi connectivity index (χ0n) is 15.8. The van der Waals surface area contributed by atoms with E-state index in [1.54, 1.807) is 30.1 Å². The maximum atomic E-state index is 11.6. The van der Waals surface area contributed by atoms with Crippen molar-refractivity contribution in [3.63, 3.8) is 0 Å². The van der Waals surface area contributed by atoms with Gasteiger partial charge in [0.25, 0.3) is 5.89 Å². The Kier molecular flexibility index (Phi) is 5.46. The number of sulfonamides is 1. The smallest absolute Gasteiger partial charge is 0.261 e. The van der Waals surface area contributed by atoms with Gasteiger partial charge in [-0.15, -0.1) is 0 Å². The summed E-state index contributed by atoms with van der Waals surface area (Å²) < 4.78 is 41.7. The molecular formula is C18H21N5O5S. The first-order valence-electron chi connectivity index (χ1n) is 9.13. The molecular weight excluding hydrogens is 398 g/mol. The highest BCUT2D eigenvalue weighted by Gasteiger charge is 2.21. The molecule has 2 aromatic heterocycles. The highest BCUT2D eigenvalue weighted by Crippen LogP contribution is 2.27. The summed E-state index contributed by atoms with van der Waals surface area (Å²) in [7, 11) is -2.03. The summed E-state index contributed by atoms with van der Waals surface area (Å²) in [5.74, 6) is 0.508. The molecule has 1 atom stereocenters. The maximum absolute atomic E-state index is 11.6. The molecule has 3 heterocycles. The number of rotatable bonds is 6. The second-order valence-electron chi connectivity index (χ2n) is 6.73. The number of benzene rings is 1. The average Bonchev–Trinajstić information content (AvgIpc) is 3.33. The highest BCUT2D eigenvalue weighted by molar-refractivity contribution is 7.89. The summed E-state index contributed by atoms with van der Waals surface area (Å²) >= 11 is 0. The zero-order valence-corrected chi connectivity index (χ0v) is 16.6. The van der Waals surface area contributed by atoms with Crippen LogP contribution in [0.25, 0.3) is 22.8 Å². The molecule has 29 heavy (non-hydrogen) atoms. The van der Waals surface area contributed by atoms with Gasteiger partial charge in [0.2, 0.25) is 15.8 Å². The van der Waals surface area contributed by atoms with Crippen LogP contribution in [0.1, 0.15) is 25.0 Å². The SMILES string of the molecule is Cn1ncc(-c2nc(-c3cccc(S(N)(=O)=O)c3)no2)c1COC1CCCCO1. The number of nitrogens with two attached hydrogens (primary N) is 1. The van der Waals surface area contributed by atoms with Gasteiger partial charge in [0.05, 0.1) is 29.0 Å². The number of hydrogen-bond donors (Lipinski definition) is 1. The maximum Gasteiger partial charge on any atom is 0.261 e. The van der Waals surface area contributed by atoms with Gasteiger partial charge in [0.15, 0.2) is 6.29 Å². The molecule has 0 bridgehead atoms. The van der Waals surface area contributed by atoms with Gasteiger partial charge >= 0.3 is 0 Å². The Morgan fingerprint density at radius 2 is 2.21 bits per heavy atom. The lowest BCUT2D eigenvalue weighted by molar-refractivity contribution is -0.169. The third kappa shape index (κ3) is 4.37. The van der Waals surface area contributed by atoms with Crippen LogP contribution in [0.4, 0.5) is 0 Å². The van der Waals surface area contributed by atoms with Gasteiger partial charge in [-0.1, -0.05) is 17.3 Å². The summed E-state index contributed by atoms with van der Waals surface area (Å²) in [6.07, 6.45) is 4.38. The molecule has 0 spiro atoms. The Hall–Kier alpha value is -2.60. The zero-order chi connectivity index (χ0) is 20.4. The molecule has 1 aliphatic heterocycles. The van der Waals surface area contributed by atoms with Crippen molar-refractivity contribution in [3.05, 3.63) is 36.2 Å². The largest absolute Gasteiger partial charge is 0.353 e. The lowest BCUT2D eigenvalue weighted by atomic mass is 10.2. The molecule has 2 N–H and O–H groups in total. The van der Waals surface area contributed by atoms with Crippen LogP contribution in [0.2, 0.25) is 0 Å². The van der Waals surface area contributed by atoms with E-state index < -0.39 is 10.0 Å². The van der Waals surface area contributed by atoms with Crippen LogP contribution in [0.5, 0.6) is 0 Å². The van der Waals surface area contributed by atoms with Crippen molar-refractivity contribution in [3.8, 4) is 22.8 Å². The fourth-order valence-corrected chi connectivity index (χ4v) is 3.65. The third-order valence-corrected chi connectivity index (χ3v) is 5.59. The molecule has 4 rings (SSSR count). The van der Waals surface area contributed by atoms with Crippen LogP contribution >= 0.6 is 0 Å². The van der Waals surface area contributed by atoms with Crippen LogP contribution in [-0.2, 0) is 33.2 Å². The number of aromatic nitrogens is 4. The van der Waals surface area contributed by atoms with Crippen molar-refractivity contribution in [1.82, 2.24) is 19.9 Å². The topological polar surface area (TPSA) is 135 Å². The van der Waals surface area contributed by atoms with Crippen LogP contribution < -0.4 is 5.14 Å². The number of aryl methyl sites for hydroxylation is 1. The molecule has 1 aliphatic rings. The second-order valence-corrected chi connectivity index (χ2v) is 8.29. The molecule has 10 nitrogen and oxygen atoms in total. The minimum atomic E-state index is -3.83. The van der Waals surface area contributed by atoms with Crippen molar-refractivity contribution in [2.45, 2.75) is 37.1 Å². The molecule has 3 aromatic rings. The van der Waals surface area contributed by atoms with Crippen molar-refractivity contribution < 1.29 is 22.4 Å². The van der Waals surface area contributed by atoms with E-state index in [0.29, 0.717) is 17.7 Å². The average molecular weight is 419 g/mol. The highest BCUT2D eigenvalue weighted by atomic mass is 32.2. The van der Waals surface area contributed by atoms with Crippen molar-refractivity contribution >= 4 is 10.0 Å². The van der Waals surface area contributed by atoms with E-state index in [1.807, 2.05) is 0 Å². The predicted molar refractivity (Wildman–Crippen MR) is 102 cm³/mol. The molecule has 154 valence electrons. The Balaban J connectivity index is 1.57. The van der Waals surface area contributed by atoms with Gasteiger partial charge in [-0.3, -0.25) is 4.68 Å². The summed E-state index contributed by atoms with van der Waals surface area (Å²) in [4.78, 5) is 4.37. The lowest BCUT2D eigenvalue weighted by Crippen LogP contribution is -2.22. The van der Waals surface area contributed by atoms with E-state index in [9.17, 15) is 8.42 Å². The van der Waals surface area contributed by atoms with E-state index in [2.05, 4.69) is 15.2 Å². The number of ether oxygens (including phenoxy) is 2. The minimum Gasteiger partial charge on any atom is -0.353 e. The molecule has 0 amide bonds. The van der Waals surface area contributed by atoms with E-state index in [-0.39, 0.29) is 29.5 Å². The monoisotopic (exact) mass is 419 g/mol. The van der Waals surface area contributed by atoms with E-state index in [1.165, 1.54) is 12.1 Å². The lowest BCUT2D eigenvalue weighted by Gasteiger charge is -2.22. The Morgan fingerprint density at radius 1 is 1.34 bits per heavy atom. The molecule has 11 heteroatoms. The van der Waals surface area contributed by atoms with E-state index in [4.69, 9.17) is 19.1 Å². The van der Waals surface area contributed by atoms with Gasteiger partial charge in [0.1, 0.15) is 0 Å². The molecule has 0 saturated carbocycles. The van der Waals surface area contributed by atoms with Gasteiger partial charge in [-0.25, -0.2) is 13.6 Å². The summed E-state index contributed by atoms with van der Waals surface area (Å²) in [6, 6.07) is 6.05. The second kappa shape index (κ2) is 8.03. The first-order valence-corrected chi connectivity index (χ1v) is 10.7. The molecule has 1 fully saturated rings.